The van der Waals surface area contributed by atoms with E-state index in [1.165, 1.54) is 11.1 Å². The zero-order valence-corrected chi connectivity index (χ0v) is 15.2. The summed E-state index contributed by atoms with van der Waals surface area (Å²) in [6.07, 6.45) is 4.76. The molecule has 0 aliphatic carbocycles. The lowest BCUT2D eigenvalue weighted by Crippen LogP contribution is -2.06. The number of aromatic nitrogens is 2. The highest BCUT2D eigenvalue weighted by Gasteiger charge is 2.15. The molecular formula is C17H23N3OS2. The molecule has 0 aliphatic rings. The first-order chi connectivity index (χ1) is 11.2. The number of benzene rings is 1. The molecule has 0 amide bonds. The largest absolute Gasteiger partial charge is 0.399 e. The van der Waals surface area contributed by atoms with Crippen LogP contribution in [0.15, 0.2) is 34.4 Å². The Hall–Kier alpha value is -1.24. The smallest absolute Gasteiger partial charge is 0.188 e. The van der Waals surface area contributed by atoms with Crippen molar-refractivity contribution in [2.75, 3.05) is 24.3 Å². The van der Waals surface area contributed by atoms with Crippen LogP contribution in [0.4, 0.5) is 5.69 Å². The first-order valence-electron chi connectivity index (χ1n) is 7.69. The molecule has 1 aromatic heterocycles. The Bertz CT molecular complexity index is 632. The van der Waals surface area contributed by atoms with Crippen LogP contribution in [-0.2, 0) is 12.8 Å². The molecule has 0 aliphatic heterocycles. The van der Waals surface area contributed by atoms with E-state index in [4.69, 9.17) is 15.8 Å². The topological polar surface area (TPSA) is 72.0 Å². The van der Waals surface area contributed by atoms with Gasteiger partial charge in [-0.15, -0.1) is 11.8 Å². The molecule has 0 saturated carbocycles. The van der Waals surface area contributed by atoms with Crippen molar-refractivity contribution in [2.45, 2.75) is 36.4 Å². The van der Waals surface area contributed by atoms with E-state index < -0.39 is 0 Å². The van der Waals surface area contributed by atoms with Crippen LogP contribution < -0.4 is 5.73 Å². The van der Waals surface area contributed by atoms with E-state index in [2.05, 4.69) is 11.9 Å². The van der Waals surface area contributed by atoms with Crippen LogP contribution in [0.5, 0.6) is 0 Å². The molecule has 0 fully saturated rings. The summed E-state index contributed by atoms with van der Waals surface area (Å²) in [6, 6.07) is 7.95. The molecule has 4 nitrogen and oxygen atoms in total. The number of hydrogen-bond acceptors (Lipinski definition) is 6. The lowest BCUT2D eigenvalue weighted by molar-refractivity contribution is 0.322. The third-order valence-corrected chi connectivity index (χ3v) is 4.94. The number of rotatable bonds is 8. The van der Waals surface area contributed by atoms with Gasteiger partial charge < -0.3 is 10.8 Å². The predicted molar refractivity (Wildman–Crippen MR) is 99.3 cm³/mol. The Morgan fingerprint density at radius 3 is 2.52 bits per heavy atom. The fourth-order valence-corrected chi connectivity index (χ4v) is 3.54. The molecule has 2 rings (SSSR count). The Morgan fingerprint density at radius 1 is 1.17 bits per heavy atom. The minimum absolute atomic E-state index is 0.147. The molecule has 1 heterocycles. The minimum atomic E-state index is 0.147. The average molecular weight is 350 g/mol. The van der Waals surface area contributed by atoms with Gasteiger partial charge in [0.2, 0.25) is 0 Å². The van der Waals surface area contributed by atoms with Gasteiger partial charge in [-0.2, -0.15) is 0 Å². The van der Waals surface area contributed by atoms with E-state index in [0.29, 0.717) is 5.75 Å². The second-order valence-corrected chi connectivity index (χ2v) is 7.04. The summed E-state index contributed by atoms with van der Waals surface area (Å²) in [6.45, 7) is 2.31. The zero-order chi connectivity index (χ0) is 16.7. The third kappa shape index (κ3) is 5.12. The fraction of sp³-hybridized carbons (Fsp3) is 0.412. The molecule has 124 valence electrons. The van der Waals surface area contributed by atoms with Gasteiger partial charge >= 0.3 is 0 Å². The van der Waals surface area contributed by atoms with Crippen molar-refractivity contribution in [3.63, 3.8) is 0 Å². The molecule has 23 heavy (non-hydrogen) atoms. The van der Waals surface area contributed by atoms with Gasteiger partial charge in [0.1, 0.15) is 5.03 Å². The Balaban J connectivity index is 2.41. The van der Waals surface area contributed by atoms with Gasteiger partial charge in [-0.05, 0) is 30.4 Å². The highest BCUT2D eigenvalue weighted by Crippen LogP contribution is 2.28. The van der Waals surface area contributed by atoms with Crippen LogP contribution in [0.25, 0.3) is 0 Å². The van der Waals surface area contributed by atoms with Crippen molar-refractivity contribution in [1.29, 1.82) is 0 Å². The standard InChI is InChI=1S/C17H23N3OS2/c1-3-4-15-14(11-12-5-7-13(18)8-6-12)16(23-10-9-21)20-17(19-15)22-2/h5-8,21H,3-4,9-11,18H2,1-2H3. The predicted octanol–water partition coefficient (Wildman–Crippen LogP) is 3.41. The molecule has 0 atom stereocenters. The molecule has 0 bridgehead atoms. The summed E-state index contributed by atoms with van der Waals surface area (Å²) in [5.41, 5.74) is 10.0. The summed E-state index contributed by atoms with van der Waals surface area (Å²) < 4.78 is 0. The maximum absolute atomic E-state index is 9.15. The quantitative estimate of drug-likeness (QED) is 0.329. The van der Waals surface area contributed by atoms with E-state index in [1.807, 2.05) is 30.5 Å². The molecular weight excluding hydrogens is 326 g/mol. The van der Waals surface area contributed by atoms with Crippen molar-refractivity contribution in [3.05, 3.63) is 41.1 Å². The van der Waals surface area contributed by atoms with E-state index >= 15 is 0 Å². The Kier molecular flexibility index (Phi) is 7.20. The molecule has 0 spiro atoms. The highest BCUT2D eigenvalue weighted by atomic mass is 32.2. The third-order valence-electron chi connectivity index (χ3n) is 3.39. The van der Waals surface area contributed by atoms with E-state index in [-0.39, 0.29) is 6.61 Å². The maximum Gasteiger partial charge on any atom is 0.188 e. The van der Waals surface area contributed by atoms with E-state index in [9.17, 15) is 0 Å². The normalized spacial score (nSPS) is 10.9. The number of aliphatic hydroxyl groups excluding tert-OH is 1. The van der Waals surface area contributed by atoms with Gasteiger partial charge in [0, 0.05) is 29.1 Å². The lowest BCUT2D eigenvalue weighted by Gasteiger charge is -2.14. The van der Waals surface area contributed by atoms with Crippen molar-refractivity contribution in [3.8, 4) is 0 Å². The summed E-state index contributed by atoms with van der Waals surface area (Å²) in [5, 5.41) is 10.9. The number of nitrogens with zero attached hydrogens (tertiary/aromatic N) is 2. The van der Waals surface area contributed by atoms with Crippen LogP contribution >= 0.6 is 23.5 Å². The number of hydrogen-bond donors (Lipinski definition) is 2. The number of aryl methyl sites for hydroxylation is 1. The minimum Gasteiger partial charge on any atom is -0.399 e. The molecule has 2 aromatic rings. The monoisotopic (exact) mass is 349 g/mol. The first-order valence-corrected chi connectivity index (χ1v) is 9.90. The first kappa shape index (κ1) is 18.1. The van der Waals surface area contributed by atoms with Crippen molar-refractivity contribution < 1.29 is 5.11 Å². The second-order valence-electron chi connectivity index (χ2n) is 5.18. The van der Waals surface area contributed by atoms with Crippen LogP contribution in [0, 0.1) is 0 Å². The average Bonchev–Trinajstić information content (AvgIpc) is 2.57. The SMILES string of the molecule is CCCc1nc(SC)nc(SCCO)c1Cc1ccc(N)cc1. The molecule has 3 N–H and O–H groups in total. The Morgan fingerprint density at radius 2 is 1.91 bits per heavy atom. The number of thioether (sulfide) groups is 2. The molecule has 0 saturated heterocycles. The number of aliphatic hydroxyl groups is 1. The highest BCUT2D eigenvalue weighted by molar-refractivity contribution is 7.99. The summed E-state index contributed by atoms with van der Waals surface area (Å²) in [4.78, 5) is 9.38. The summed E-state index contributed by atoms with van der Waals surface area (Å²) >= 11 is 3.16. The maximum atomic E-state index is 9.15. The van der Waals surface area contributed by atoms with Gasteiger partial charge in [-0.25, -0.2) is 9.97 Å². The summed E-state index contributed by atoms with van der Waals surface area (Å²) in [7, 11) is 0. The Labute approximate surface area is 146 Å². The molecule has 6 heteroatoms. The molecule has 0 radical (unpaired) electrons. The van der Waals surface area contributed by atoms with Gasteiger partial charge in [0.15, 0.2) is 5.16 Å². The zero-order valence-electron chi connectivity index (χ0n) is 13.6. The van der Waals surface area contributed by atoms with Gasteiger partial charge in [-0.1, -0.05) is 37.2 Å². The lowest BCUT2D eigenvalue weighted by atomic mass is 10.0. The summed E-state index contributed by atoms with van der Waals surface area (Å²) in [5.74, 6) is 0.644. The molecule has 1 aromatic carbocycles. The van der Waals surface area contributed by atoms with Gasteiger partial charge in [0.05, 0.1) is 6.61 Å². The van der Waals surface area contributed by atoms with Crippen LogP contribution in [0.1, 0.15) is 30.2 Å². The van der Waals surface area contributed by atoms with E-state index in [0.717, 1.165) is 40.8 Å². The van der Waals surface area contributed by atoms with Gasteiger partial charge in [-0.3, -0.25) is 0 Å². The van der Waals surface area contributed by atoms with Crippen LogP contribution in [-0.4, -0.2) is 33.7 Å². The van der Waals surface area contributed by atoms with Crippen molar-refractivity contribution >= 4 is 29.2 Å². The van der Waals surface area contributed by atoms with Crippen molar-refractivity contribution in [1.82, 2.24) is 9.97 Å². The van der Waals surface area contributed by atoms with Crippen LogP contribution in [0.2, 0.25) is 0 Å². The number of nitrogens with two attached hydrogens (primary N) is 1. The fourth-order valence-electron chi connectivity index (χ4n) is 2.30. The molecule has 0 unspecified atom stereocenters. The number of nitrogen functional groups attached to an aromatic ring is 1. The van der Waals surface area contributed by atoms with Crippen molar-refractivity contribution in [2.24, 2.45) is 0 Å². The van der Waals surface area contributed by atoms with E-state index in [1.54, 1.807) is 23.5 Å². The second kappa shape index (κ2) is 9.15. The number of anilines is 1. The van der Waals surface area contributed by atoms with Crippen LogP contribution in [0.3, 0.4) is 0 Å². The van der Waals surface area contributed by atoms with Gasteiger partial charge in [0.25, 0.3) is 0 Å².